The SMILES string of the molecule is CS(=O)(=O)c1cccc(C(=O)Nc2nc(-c3cccc(C(F)(F)F)c3)cs2)c1. The van der Waals surface area contributed by atoms with E-state index in [4.69, 9.17) is 0 Å². The summed E-state index contributed by atoms with van der Waals surface area (Å²) in [4.78, 5) is 16.5. The van der Waals surface area contributed by atoms with Gasteiger partial charge in [0.25, 0.3) is 5.91 Å². The van der Waals surface area contributed by atoms with E-state index >= 15 is 0 Å². The summed E-state index contributed by atoms with van der Waals surface area (Å²) in [5.41, 5.74) is -0.109. The molecule has 28 heavy (non-hydrogen) atoms. The van der Waals surface area contributed by atoms with E-state index in [-0.39, 0.29) is 26.8 Å². The molecule has 0 bridgehead atoms. The summed E-state index contributed by atoms with van der Waals surface area (Å²) in [6.45, 7) is 0. The number of alkyl halides is 3. The summed E-state index contributed by atoms with van der Waals surface area (Å²) in [6.07, 6.45) is -3.43. The van der Waals surface area contributed by atoms with Gasteiger partial charge in [0.2, 0.25) is 0 Å². The molecule has 0 fully saturated rings. The van der Waals surface area contributed by atoms with Gasteiger partial charge in [-0.2, -0.15) is 13.2 Å². The van der Waals surface area contributed by atoms with Gasteiger partial charge in [-0.1, -0.05) is 18.2 Å². The Morgan fingerprint density at radius 3 is 2.50 bits per heavy atom. The van der Waals surface area contributed by atoms with E-state index in [0.29, 0.717) is 0 Å². The first-order chi connectivity index (χ1) is 13.0. The highest BCUT2D eigenvalue weighted by Gasteiger charge is 2.30. The third kappa shape index (κ3) is 4.57. The summed E-state index contributed by atoms with van der Waals surface area (Å²) in [6, 6.07) is 10.2. The molecule has 0 spiro atoms. The van der Waals surface area contributed by atoms with Crippen LogP contribution in [0.15, 0.2) is 58.8 Å². The van der Waals surface area contributed by atoms with Gasteiger partial charge in [0, 0.05) is 22.8 Å². The zero-order chi connectivity index (χ0) is 20.5. The first-order valence-corrected chi connectivity index (χ1v) is 10.6. The Labute approximate surface area is 162 Å². The molecule has 0 saturated carbocycles. The maximum absolute atomic E-state index is 12.8. The normalized spacial score (nSPS) is 12.0. The van der Waals surface area contributed by atoms with Crippen molar-refractivity contribution in [2.75, 3.05) is 11.6 Å². The number of hydrogen-bond acceptors (Lipinski definition) is 5. The van der Waals surface area contributed by atoms with E-state index in [1.165, 1.54) is 41.8 Å². The first-order valence-electron chi connectivity index (χ1n) is 7.79. The van der Waals surface area contributed by atoms with Gasteiger partial charge in [0.15, 0.2) is 15.0 Å². The van der Waals surface area contributed by atoms with Gasteiger partial charge in [0.05, 0.1) is 16.2 Å². The standard InChI is InChI=1S/C18H13F3N2O3S2/c1-28(25,26)14-7-3-5-12(9-14)16(24)23-17-22-15(10-27-17)11-4-2-6-13(8-11)18(19,20)21/h2-10H,1H3,(H,22,23,24). The van der Waals surface area contributed by atoms with Crippen molar-refractivity contribution in [1.29, 1.82) is 0 Å². The largest absolute Gasteiger partial charge is 0.416 e. The number of anilines is 1. The minimum atomic E-state index is -4.46. The molecule has 0 aliphatic carbocycles. The third-order valence-electron chi connectivity index (χ3n) is 3.73. The van der Waals surface area contributed by atoms with Crippen molar-refractivity contribution >= 4 is 32.2 Å². The summed E-state index contributed by atoms with van der Waals surface area (Å²) in [7, 11) is -3.46. The van der Waals surface area contributed by atoms with Gasteiger partial charge in [-0.15, -0.1) is 11.3 Å². The fourth-order valence-corrected chi connectivity index (χ4v) is 3.74. The molecule has 0 unspecified atom stereocenters. The average Bonchev–Trinajstić information content (AvgIpc) is 3.09. The minimum Gasteiger partial charge on any atom is -0.298 e. The van der Waals surface area contributed by atoms with Gasteiger partial charge < -0.3 is 0 Å². The molecule has 1 N–H and O–H groups in total. The van der Waals surface area contributed by atoms with Crippen LogP contribution < -0.4 is 5.32 Å². The molecule has 0 aliphatic rings. The van der Waals surface area contributed by atoms with Crippen LogP contribution >= 0.6 is 11.3 Å². The second-order valence-electron chi connectivity index (χ2n) is 5.87. The number of thiazole rings is 1. The number of rotatable bonds is 4. The van der Waals surface area contributed by atoms with Crippen molar-refractivity contribution in [2.45, 2.75) is 11.1 Å². The lowest BCUT2D eigenvalue weighted by Gasteiger charge is -2.07. The number of hydrogen-bond donors (Lipinski definition) is 1. The Kier molecular flexibility index (Phi) is 5.26. The number of benzene rings is 2. The average molecular weight is 426 g/mol. The Morgan fingerprint density at radius 2 is 1.82 bits per heavy atom. The van der Waals surface area contributed by atoms with Crippen molar-refractivity contribution < 1.29 is 26.4 Å². The van der Waals surface area contributed by atoms with Gasteiger partial charge >= 0.3 is 6.18 Å². The molecule has 10 heteroatoms. The minimum absolute atomic E-state index is 0.00365. The van der Waals surface area contributed by atoms with E-state index in [9.17, 15) is 26.4 Å². The van der Waals surface area contributed by atoms with Crippen molar-refractivity contribution in [3.63, 3.8) is 0 Å². The molecule has 3 aromatic rings. The molecule has 5 nitrogen and oxygen atoms in total. The number of nitrogens with zero attached hydrogens (tertiary/aromatic N) is 1. The van der Waals surface area contributed by atoms with E-state index in [0.717, 1.165) is 29.7 Å². The van der Waals surface area contributed by atoms with Crippen LogP contribution in [-0.4, -0.2) is 25.6 Å². The highest BCUT2D eigenvalue weighted by Crippen LogP contribution is 2.33. The highest BCUT2D eigenvalue weighted by atomic mass is 32.2. The van der Waals surface area contributed by atoms with Crippen molar-refractivity contribution in [2.24, 2.45) is 0 Å². The van der Waals surface area contributed by atoms with E-state index in [1.807, 2.05) is 0 Å². The molecular weight excluding hydrogens is 413 g/mol. The van der Waals surface area contributed by atoms with Crippen LogP contribution in [0, 0.1) is 0 Å². The number of carbonyl (C=O) groups excluding carboxylic acids is 1. The zero-order valence-corrected chi connectivity index (χ0v) is 16.0. The lowest BCUT2D eigenvalue weighted by Crippen LogP contribution is -2.12. The van der Waals surface area contributed by atoms with Crippen LogP contribution in [0.3, 0.4) is 0 Å². The molecule has 3 rings (SSSR count). The van der Waals surface area contributed by atoms with Crippen molar-refractivity contribution in [3.8, 4) is 11.3 Å². The zero-order valence-electron chi connectivity index (χ0n) is 14.3. The molecule has 146 valence electrons. The Balaban J connectivity index is 1.81. The third-order valence-corrected chi connectivity index (χ3v) is 5.60. The summed E-state index contributed by atoms with van der Waals surface area (Å²) in [5, 5.41) is 4.23. The van der Waals surface area contributed by atoms with Crippen LogP contribution in [0.5, 0.6) is 0 Å². The number of sulfone groups is 1. The van der Waals surface area contributed by atoms with Gasteiger partial charge in [-0.25, -0.2) is 13.4 Å². The molecule has 2 aromatic carbocycles. The highest BCUT2D eigenvalue weighted by molar-refractivity contribution is 7.90. The van der Waals surface area contributed by atoms with Crippen molar-refractivity contribution in [3.05, 3.63) is 65.0 Å². The monoisotopic (exact) mass is 426 g/mol. The molecule has 1 aromatic heterocycles. The lowest BCUT2D eigenvalue weighted by molar-refractivity contribution is -0.137. The topological polar surface area (TPSA) is 76.1 Å². The summed E-state index contributed by atoms with van der Waals surface area (Å²) < 4.78 is 61.7. The van der Waals surface area contributed by atoms with E-state index in [2.05, 4.69) is 10.3 Å². The predicted molar refractivity (Wildman–Crippen MR) is 100 cm³/mol. The number of halogens is 3. The Morgan fingerprint density at radius 1 is 1.11 bits per heavy atom. The van der Waals surface area contributed by atoms with E-state index in [1.54, 1.807) is 0 Å². The second kappa shape index (κ2) is 7.36. The van der Waals surface area contributed by atoms with Crippen LogP contribution in [0.2, 0.25) is 0 Å². The summed E-state index contributed by atoms with van der Waals surface area (Å²) >= 11 is 1.05. The van der Waals surface area contributed by atoms with Crippen LogP contribution in [0.4, 0.5) is 18.3 Å². The van der Waals surface area contributed by atoms with Crippen LogP contribution in [-0.2, 0) is 16.0 Å². The van der Waals surface area contributed by atoms with E-state index < -0.39 is 27.5 Å². The van der Waals surface area contributed by atoms with Crippen molar-refractivity contribution in [1.82, 2.24) is 4.98 Å². The van der Waals surface area contributed by atoms with Gasteiger partial charge in [0.1, 0.15) is 0 Å². The smallest absolute Gasteiger partial charge is 0.298 e. The van der Waals surface area contributed by atoms with Crippen LogP contribution in [0.1, 0.15) is 15.9 Å². The van der Waals surface area contributed by atoms with Gasteiger partial charge in [-0.05, 0) is 30.3 Å². The maximum Gasteiger partial charge on any atom is 0.416 e. The first kappa shape index (κ1) is 20.0. The van der Waals surface area contributed by atoms with Crippen LogP contribution in [0.25, 0.3) is 11.3 Å². The number of aromatic nitrogens is 1. The molecule has 0 atom stereocenters. The quantitative estimate of drug-likeness (QED) is 0.667. The molecule has 0 radical (unpaired) electrons. The Bertz CT molecular complexity index is 1140. The van der Waals surface area contributed by atoms with Gasteiger partial charge in [-0.3, -0.25) is 10.1 Å². The maximum atomic E-state index is 12.8. The Hall–Kier alpha value is -2.72. The second-order valence-corrected chi connectivity index (χ2v) is 8.74. The molecule has 0 saturated heterocycles. The number of nitrogens with one attached hydrogen (secondary N) is 1. The number of amides is 1. The molecular formula is C18H13F3N2O3S2. The fourth-order valence-electron chi connectivity index (χ4n) is 2.36. The fraction of sp³-hybridized carbons (Fsp3) is 0.111. The summed E-state index contributed by atoms with van der Waals surface area (Å²) in [5.74, 6) is -0.574. The molecule has 1 heterocycles. The predicted octanol–water partition coefficient (Wildman–Crippen LogP) is 4.48. The number of carbonyl (C=O) groups is 1. The lowest BCUT2D eigenvalue weighted by atomic mass is 10.1. The molecule has 1 amide bonds. The molecule has 0 aliphatic heterocycles.